The molecule has 11 heteroatoms. The van der Waals surface area contributed by atoms with Crippen LogP contribution >= 0.6 is 0 Å². The molecule has 2 bridgehead atoms. The van der Waals surface area contributed by atoms with E-state index in [-0.39, 0.29) is 29.3 Å². The molecule has 1 aromatic carbocycles. The van der Waals surface area contributed by atoms with E-state index < -0.39 is 5.82 Å². The zero-order chi connectivity index (χ0) is 23.8. The van der Waals surface area contributed by atoms with E-state index in [1.165, 1.54) is 17.0 Å². The van der Waals surface area contributed by atoms with Crippen molar-refractivity contribution >= 4 is 17.7 Å². The van der Waals surface area contributed by atoms with E-state index in [2.05, 4.69) is 19.9 Å². The van der Waals surface area contributed by atoms with Crippen LogP contribution in [0.4, 0.5) is 16.2 Å². The van der Waals surface area contributed by atoms with Gasteiger partial charge in [-0.1, -0.05) is 0 Å². The van der Waals surface area contributed by atoms with Gasteiger partial charge in [-0.2, -0.15) is 15.0 Å². The van der Waals surface area contributed by atoms with E-state index in [1.807, 2.05) is 4.90 Å². The van der Waals surface area contributed by atoms with Crippen molar-refractivity contribution in [3.05, 3.63) is 47.9 Å². The molecule has 3 aromatic rings. The predicted molar refractivity (Wildman–Crippen MR) is 122 cm³/mol. The second-order valence-corrected chi connectivity index (χ2v) is 8.62. The number of hydrogen-bond acceptors (Lipinski definition) is 9. The number of amides is 1. The van der Waals surface area contributed by atoms with Gasteiger partial charge in [-0.15, -0.1) is 0 Å². The number of nitrogens with two attached hydrogens (primary N) is 1. The zero-order valence-electron chi connectivity index (χ0n) is 18.8. The Morgan fingerprint density at radius 2 is 2.06 bits per heavy atom. The first-order valence-corrected chi connectivity index (χ1v) is 10.9. The van der Waals surface area contributed by atoms with Gasteiger partial charge in [-0.25, -0.2) is 9.37 Å². The lowest BCUT2D eigenvalue weighted by molar-refractivity contribution is 0.0827. The van der Waals surface area contributed by atoms with Crippen LogP contribution in [-0.2, 0) is 4.74 Å². The number of piperidine rings is 1. The van der Waals surface area contributed by atoms with Crippen molar-refractivity contribution in [3.63, 3.8) is 0 Å². The Kier molecular flexibility index (Phi) is 5.70. The van der Waals surface area contributed by atoms with E-state index in [4.69, 9.17) is 15.2 Å². The number of benzene rings is 1. The molecule has 2 N–H and O–H groups in total. The van der Waals surface area contributed by atoms with Crippen LogP contribution in [0.25, 0.3) is 11.4 Å². The highest BCUT2D eigenvalue weighted by Crippen LogP contribution is 2.31. The molecule has 2 aliphatic heterocycles. The Morgan fingerprint density at radius 1 is 1.21 bits per heavy atom. The van der Waals surface area contributed by atoms with E-state index in [1.54, 1.807) is 32.4 Å². The van der Waals surface area contributed by atoms with Crippen molar-refractivity contribution in [1.82, 2.24) is 24.8 Å². The highest BCUT2D eigenvalue weighted by atomic mass is 19.1. The smallest absolute Gasteiger partial charge is 0.327 e. The summed E-state index contributed by atoms with van der Waals surface area (Å²) in [5, 5.41) is 0. The SMILES string of the molecule is CN(C)C(=O)c1ccc(Oc2nc(-c3ccc(N)nc3)nc(N3CC4COC(C4)C3)n2)c(F)c1. The normalized spacial score (nSPS) is 19.2. The third-order valence-corrected chi connectivity index (χ3v) is 5.78. The average Bonchev–Trinajstić information content (AvgIpc) is 3.17. The van der Waals surface area contributed by atoms with Gasteiger partial charge in [0.25, 0.3) is 5.91 Å². The molecule has 0 saturated carbocycles. The average molecular weight is 465 g/mol. The number of aromatic nitrogens is 4. The van der Waals surface area contributed by atoms with Gasteiger partial charge in [-0.05, 0) is 36.8 Å². The minimum atomic E-state index is -0.699. The Bertz CT molecular complexity index is 1210. The molecule has 34 heavy (non-hydrogen) atoms. The van der Waals surface area contributed by atoms with Gasteiger partial charge >= 0.3 is 6.01 Å². The molecule has 0 spiro atoms. The number of hydrogen-bond donors (Lipinski definition) is 1. The summed E-state index contributed by atoms with van der Waals surface area (Å²) in [6.45, 7) is 2.11. The molecule has 2 atom stereocenters. The summed E-state index contributed by atoms with van der Waals surface area (Å²) in [5.74, 6) is 0.399. The fourth-order valence-electron chi connectivity index (χ4n) is 4.10. The van der Waals surface area contributed by atoms with Crippen molar-refractivity contribution in [2.45, 2.75) is 12.5 Å². The molecule has 10 nitrogen and oxygen atoms in total. The Balaban J connectivity index is 1.49. The number of ether oxygens (including phenoxy) is 2. The van der Waals surface area contributed by atoms with Crippen LogP contribution in [0.2, 0.25) is 0 Å². The Hall–Kier alpha value is -3.86. The molecule has 0 radical (unpaired) electrons. The van der Waals surface area contributed by atoms with E-state index in [9.17, 15) is 9.18 Å². The van der Waals surface area contributed by atoms with Crippen LogP contribution in [0.5, 0.6) is 11.8 Å². The topological polar surface area (TPSA) is 120 Å². The first-order chi connectivity index (χ1) is 16.4. The summed E-state index contributed by atoms with van der Waals surface area (Å²) >= 11 is 0. The largest absolute Gasteiger partial charge is 0.421 e. The monoisotopic (exact) mass is 465 g/mol. The summed E-state index contributed by atoms with van der Waals surface area (Å²) in [6.07, 6.45) is 2.70. The standard InChI is InChI=1S/C23H24FN7O3/c1-30(2)21(32)14-3-5-18(17(24)8-14)34-23-28-20(15-4-6-19(25)26-9-15)27-22(29-23)31-10-13-7-16(11-31)33-12-13/h3-6,8-9,13,16H,7,10-12H2,1-2H3,(H2,25,26). The lowest BCUT2D eigenvalue weighted by Gasteiger charge is -2.30. The number of fused-ring (bicyclic) bond motifs is 2. The highest BCUT2D eigenvalue weighted by Gasteiger charge is 2.35. The second-order valence-electron chi connectivity index (χ2n) is 8.62. The number of rotatable bonds is 5. The number of halogens is 1. The molecule has 5 rings (SSSR count). The zero-order valence-corrected chi connectivity index (χ0v) is 18.8. The van der Waals surface area contributed by atoms with Gasteiger partial charge in [0.2, 0.25) is 5.95 Å². The van der Waals surface area contributed by atoms with Crippen molar-refractivity contribution in [1.29, 1.82) is 0 Å². The second kappa shape index (κ2) is 8.82. The maximum atomic E-state index is 14.8. The van der Waals surface area contributed by atoms with E-state index in [0.29, 0.717) is 42.2 Å². The van der Waals surface area contributed by atoms with Gasteiger partial charge in [0.1, 0.15) is 5.82 Å². The number of anilines is 2. The summed E-state index contributed by atoms with van der Waals surface area (Å²) in [4.78, 5) is 33.1. The predicted octanol–water partition coefficient (Wildman–Crippen LogP) is 2.37. The number of carbonyl (C=O) groups is 1. The number of nitrogens with zero attached hydrogens (tertiary/aromatic N) is 6. The van der Waals surface area contributed by atoms with Crippen LogP contribution in [0.15, 0.2) is 36.5 Å². The van der Waals surface area contributed by atoms with Crippen LogP contribution in [0.3, 0.4) is 0 Å². The molecular formula is C23H24FN7O3. The van der Waals surface area contributed by atoms with Gasteiger partial charge in [0, 0.05) is 50.4 Å². The summed E-state index contributed by atoms with van der Waals surface area (Å²) in [5.41, 5.74) is 6.54. The maximum Gasteiger partial charge on any atom is 0.327 e. The van der Waals surface area contributed by atoms with E-state index in [0.717, 1.165) is 19.0 Å². The minimum absolute atomic E-state index is 0.0683. The number of pyridine rings is 1. The van der Waals surface area contributed by atoms with Gasteiger partial charge in [0.15, 0.2) is 17.4 Å². The van der Waals surface area contributed by atoms with Crippen molar-refractivity contribution in [2.24, 2.45) is 5.92 Å². The molecule has 2 aromatic heterocycles. The lowest BCUT2D eigenvalue weighted by Crippen LogP contribution is -2.40. The van der Waals surface area contributed by atoms with E-state index >= 15 is 0 Å². The number of carbonyl (C=O) groups excluding carboxylic acids is 1. The molecule has 0 aliphatic carbocycles. The molecule has 4 heterocycles. The first kappa shape index (κ1) is 22.0. The summed E-state index contributed by atoms with van der Waals surface area (Å²) in [6, 6.07) is 7.33. The summed E-state index contributed by atoms with van der Waals surface area (Å²) in [7, 11) is 3.20. The molecule has 2 aliphatic rings. The van der Waals surface area contributed by atoms with Gasteiger partial charge < -0.3 is 25.0 Å². The third kappa shape index (κ3) is 4.46. The fourth-order valence-corrected chi connectivity index (χ4v) is 4.10. The van der Waals surface area contributed by atoms with Crippen LogP contribution < -0.4 is 15.4 Å². The maximum absolute atomic E-state index is 14.8. The van der Waals surface area contributed by atoms with Crippen molar-refractivity contribution < 1.29 is 18.7 Å². The van der Waals surface area contributed by atoms with Crippen LogP contribution in [0.1, 0.15) is 16.8 Å². The minimum Gasteiger partial charge on any atom is -0.421 e. The first-order valence-electron chi connectivity index (χ1n) is 10.9. The Labute approximate surface area is 195 Å². The molecular weight excluding hydrogens is 441 g/mol. The molecule has 2 saturated heterocycles. The highest BCUT2D eigenvalue weighted by molar-refractivity contribution is 5.94. The molecule has 2 fully saturated rings. The lowest BCUT2D eigenvalue weighted by atomic mass is 10.0. The van der Waals surface area contributed by atoms with Crippen LogP contribution in [0, 0.1) is 11.7 Å². The third-order valence-electron chi connectivity index (χ3n) is 5.78. The molecule has 176 valence electrons. The van der Waals surface area contributed by atoms with Crippen molar-refractivity contribution in [3.8, 4) is 23.1 Å². The molecule has 1 amide bonds. The van der Waals surface area contributed by atoms with Crippen LogP contribution in [-0.4, -0.2) is 70.6 Å². The summed E-state index contributed by atoms with van der Waals surface area (Å²) < 4.78 is 26.3. The van der Waals surface area contributed by atoms with Crippen molar-refractivity contribution in [2.75, 3.05) is 44.4 Å². The fraction of sp³-hybridized carbons (Fsp3) is 0.348. The van der Waals surface area contributed by atoms with Gasteiger partial charge in [-0.3, -0.25) is 4.79 Å². The quantitative estimate of drug-likeness (QED) is 0.605. The van der Waals surface area contributed by atoms with Gasteiger partial charge in [0.05, 0.1) is 12.7 Å². The Morgan fingerprint density at radius 3 is 2.76 bits per heavy atom. The molecule has 2 unspecified atom stereocenters. The number of nitrogen functional groups attached to an aromatic ring is 1.